The van der Waals surface area contributed by atoms with E-state index >= 15 is 0 Å². The molecular weight excluding hydrogens is 366 g/mol. The van der Waals surface area contributed by atoms with Crippen LogP contribution in [0.1, 0.15) is 24.0 Å². The van der Waals surface area contributed by atoms with E-state index in [1.54, 1.807) is 0 Å². The Morgan fingerprint density at radius 2 is 1.83 bits per heavy atom. The van der Waals surface area contributed by atoms with Gasteiger partial charge < -0.3 is 15.4 Å². The Kier molecular flexibility index (Phi) is 6.10. The summed E-state index contributed by atoms with van der Waals surface area (Å²) >= 11 is 0. The predicted molar refractivity (Wildman–Crippen MR) is 112 cm³/mol. The molecule has 2 aromatic rings. The zero-order chi connectivity index (χ0) is 20.1. The number of fused-ring (bicyclic) bond motifs is 1. The van der Waals surface area contributed by atoms with Crippen LogP contribution in [0.4, 0.5) is 5.69 Å². The highest BCUT2D eigenvalue weighted by Crippen LogP contribution is 2.26. The van der Waals surface area contributed by atoms with Crippen LogP contribution >= 0.6 is 0 Å². The van der Waals surface area contributed by atoms with Crippen molar-refractivity contribution in [2.45, 2.75) is 31.7 Å². The standard InChI is InChI=1S/C23H27N3O3/c27-22(15-17-6-7-21-18(14-17)10-13-29-21)24-20-8-11-26(12-9-20)16-23(28)25-19-4-2-1-3-5-19/h1-7,14,20H,8-13,15-16H2,(H,24,27)(H,25,28). The molecule has 0 saturated carbocycles. The van der Waals surface area contributed by atoms with Gasteiger partial charge in [-0.2, -0.15) is 0 Å². The quantitative estimate of drug-likeness (QED) is 0.791. The normalized spacial score (nSPS) is 16.7. The lowest BCUT2D eigenvalue weighted by Gasteiger charge is -2.31. The van der Waals surface area contributed by atoms with Gasteiger partial charge in [0, 0.05) is 31.2 Å². The first-order valence-electron chi connectivity index (χ1n) is 10.3. The van der Waals surface area contributed by atoms with Gasteiger partial charge in [0.15, 0.2) is 0 Å². The summed E-state index contributed by atoms with van der Waals surface area (Å²) in [5.41, 5.74) is 3.04. The fourth-order valence-corrected chi connectivity index (χ4v) is 3.97. The minimum Gasteiger partial charge on any atom is -0.493 e. The highest BCUT2D eigenvalue weighted by molar-refractivity contribution is 5.92. The molecule has 29 heavy (non-hydrogen) atoms. The van der Waals surface area contributed by atoms with Crippen LogP contribution in [0.5, 0.6) is 5.75 Å². The largest absolute Gasteiger partial charge is 0.493 e. The highest BCUT2D eigenvalue weighted by atomic mass is 16.5. The van der Waals surface area contributed by atoms with E-state index < -0.39 is 0 Å². The molecule has 2 aromatic carbocycles. The summed E-state index contributed by atoms with van der Waals surface area (Å²) < 4.78 is 5.52. The van der Waals surface area contributed by atoms with Gasteiger partial charge in [0.2, 0.25) is 11.8 Å². The van der Waals surface area contributed by atoms with Crippen molar-refractivity contribution in [3.8, 4) is 5.75 Å². The van der Waals surface area contributed by atoms with Crippen LogP contribution < -0.4 is 15.4 Å². The minimum absolute atomic E-state index is 0.000672. The molecule has 6 nitrogen and oxygen atoms in total. The SMILES string of the molecule is O=C(CN1CCC(NC(=O)Cc2ccc3c(c2)CCO3)CC1)Nc1ccccc1. The van der Waals surface area contributed by atoms with E-state index in [1.807, 2.05) is 42.5 Å². The second-order valence-electron chi connectivity index (χ2n) is 7.75. The number of hydrogen-bond donors (Lipinski definition) is 2. The summed E-state index contributed by atoms with van der Waals surface area (Å²) in [5, 5.41) is 6.07. The number of nitrogens with one attached hydrogen (secondary N) is 2. The Bertz CT molecular complexity index is 861. The van der Waals surface area contributed by atoms with Crippen LogP contribution in [0.15, 0.2) is 48.5 Å². The van der Waals surface area contributed by atoms with Gasteiger partial charge in [0.05, 0.1) is 19.6 Å². The summed E-state index contributed by atoms with van der Waals surface area (Å²) in [5.74, 6) is 1.00. The lowest BCUT2D eigenvalue weighted by atomic mass is 10.0. The smallest absolute Gasteiger partial charge is 0.238 e. The van der Waals surface area contributed by atoms with E-state index in [2.05, 4.69) is 21.6 Å². The lowest BCUT2D eigenvalue weighted by molar-refractivity contribution is -0.122. The van der Waals surface area contributed by atoms with Crippen LogP contribution in [0.25, 0.3) is 0 Å². The summed E-state index contributed by atoms with van der Waals surface area (Å²) in [7, 11) is 0. The topological polar surface area (TPSA) is 70.7 Å². The summed E-state index contributed by atoms with van der Waals surface area (Å²) in [4.78, 5) is 26.8. The fraction of sp³-hybridized carbons (Fsp3) is 0.391. The predicted octanol–water partition coefficient (Wildman–Crippen LogP) is 2.38. The molecule has 0 unspecified atom stereocenters. The average molecular weight is 393 g/mol. The maximum Gasteiger partial charge on any atom is 0.238 e. The van der Waals surface area contributed by atoms with Crippen molar-refractivity contribution in [2.24, 2.45) is 0 Å². The Morgan fingerprint density at radius 3 is 2.62 bits per heavy atom. The number of piperidine rings is 1. The van der Waals surface area contributed by atoms with Gasteiger partial charge in [-0.3, -0.25) is 14.5 Å². The molecule has 0 aliphatic carbocycles. The number of amides is 2. The molecule has 0 atom stereocenters. The summed E-state index contributed by atoms with van der Waals surface area (Å²) in [6, 6.07) is 15.7. The molecular formula is C23H27N3O3. The van der Waals surface area contributed by atoms with E-state index in [4.69, 9.17) is 4.74 Å². The molecule has 152 valence electrons. The maximum atomic E-state index is 12.4. The van der Waals surface area contributed by atoms with Crippen molar-refractivity contribution in [2.75, 3.05) is 31.6 Å². The van der Waals surface area contributed by atoms with Crippen LogP contribution in [-0.2, 0) is 22.4 Å². The number of para-hydroxylation sites is 1. The van der Waals surface area contributed by atoms with Gasteiger partial charge in [-0.05, 0) is 42.2 Å². The molecule has 2 heterocycles. The van der Waals surface area contributed by atoms with E-state index in [9.17, 15) is 9.59 Å². The third kappa shape index (κ3) is 5.35. The number of hydrogen-bond acceptors (Lipinski definition) is 4. The van der Waals surface area contributed by atoms with Gasteiger partial charge in [-0.15, -0.1) is 0 Å². The van der Waals surface area contributed by atoms with Gasteiger partial charge in [-0.1, -0.05) is 30.3 Å². The Morgan fingerprint density at radius 1 is 1.03 bits per heavy atom. The summed E-state index contributed by atoms with van der Waals surface area (Å²) in [6.45, 7) is 2.73. The first kappa shape index (κ1) is 19.5. The van der Waals surface area contributed by atoms with Crippen molar-refractivity contribution in [1.82, 2.24) is 10.2 Å². The highest BCUT2D eigenvalue weighted by Gasteiger charge is 2.22. The number of benzene rings is 2. The molecule has 2 aliphatic heterocycles. The van der Waals surface area contributed by atoms with E-state index in [-0.39, 0.29) is 17.9 Å². The average Bonchev–Trinajstić information content (AvgIpc) is 3.18. The third-order valence-electron chi connectivity index (χ3n) is 5.50. The van der Waals surface area contributed by atoms with Crippen molar-refractivity contribution in [3.05, 3.63) is 59.7 Å². The second-order valence-corrected chi connectivity index (χ2v) is 7.75. The molecule has 6 heteroatoms. The minimum atomic E-state index is -0.000672. The van der Waals surface area contributed by atoms with Crippen molar-refractivity contribution in [3.63, 3.8) is 0 Å². The van der Waals surface area contributed by atoms with Crippen LogP contribution in [0.3, 0.4) is 0 Å². The molecule has 1 fully saturated rings. The number of anilines is 1. The van der Waals surface area contributed by atoms with Crippen molar-refractivity contribution in [1.29, 1.82) is 0 Å². The Hall–Kier alpha value is -2.86. The maximum absolute atomic E-state index is 12.4. The van der Waals surface area contributed by atoms with E-state index in [0.717, 1.165) is 56.0 Å². The molecule has 2 N–H and O–H groups in total. The van der Waals surface area contributed by atoms with Gasteiger partial charge in [0.1, 0.15) is 5.75 Å². The van der Waals surface area contributed by atoms with Crippen LogP contribution in [0.2, 0.25) is 0 Å². The van der Waals surface area contributed by atoms with Gasteiger partial charge in [-0.25, -0.2) is 0 Å². The molecule has 1 saturated heterocycles. The zero-order valence-corrected chi connectivity index (χ0v) is 16.5. The first-order valence-corrected chi connectivity index (χ1v) is 10.3. The fourth-order valence-electron chi connectivity index (χ4n) is 3.97. The van der Waals surface area contributed by atoms with Crippen molar-refractivity contribution < 1.29 is 14.3 Å². The van der Waals surface area contributed by atoms with Crippen molar-refractivity contribution >= 4 is 17.5 Å². The number of carbonyl (C=O) groups excluding carboxylic acids is 2. The number of ether oxygens (including phenoxy) is 1. The number of carbonyl (C=O) groups is 2. The molecule has 2 amide bonds. The second kappa shape index (κ2) is 9.09. The lowest BCUT2D eigenvalue weighted by Crippen LogP contribution is -2.46. The van der Waals surface area contributed by atoms with Crippen LogP contribution in [0, 0.1) is 0 Å². The van der Waals surface area contributed by atoms with E-state index in [0.29, 0.717) is 13.0 Å². The Balaban J connectivity index is 1.18. The van der Waals surface area contributed by atoms with Gasteiger partial charge in [0.25, 0.3) is 0 Å². The van der Waals surface area contributed by atoms with E-state index in [1.165, 1.54) is 5.56 Å². The number of rotatable bonds is 6. The molecule has 0 aromatic heterocycles. The molecule has 0 spiro atoms. The number of nitrogens with zero attached hydrogens (tertiary/aromatic N) is 1. The molecule has 0 bridgehead atoms. The molecule has 0 radical (unpaired) electrons. The monoisotopic (exact) mass is 393 g/mol. The number of likely N-dealkylation sites (tertiary alicyclic amines) is 1. The molecule has 2 aliphatic rings. The molecule has 4 rings (SSSR count). The van der Waals surface area contributed by atoms with Crippen LogP contribution in [-0.4, -0.2) is 49.0 Å². The first-order chi connectivity index (χ1) is 14.2. The summed E-state index contributed by atoms with van der Waals surface area (Å²) in [6.07, 6.45) is 3.04. The zero-order valence-electron chi connectivity index (χ0n) is 16.5. The third-order valence-corrected chi connectivity index (χ3v) is 5.50. The Labute approximate surface area is 171 Å². The van der Waals surface area contributed by atoms with Gasteiger partial charge >= 0.3 is 0 Å².